The summed E-state index contributed by atoms with van der Waals surface area (Å²) in [5, 5.41) is 3.35. The minimum Gasteiger partial charge on any atom is -0.484 e. The number of hydrogen-bond acceptors (Lipinski definition) is 4. The second-order valence-corrected chi connectivity index (χ2v) is 5.87. The molecule has 0 radical (unpaired) electrons. The smallest absolute Gasteiger partial charge is 0.165 e. The maximum absolute atomic E-state index is 13.7. The molecular weight excluding hydrogens is 341 g/mol. The van der Waals surface area contributed by atoms with E-state index in [4.69, 9.17) is 14.2 Å². The Morgan fingerprint density at radius 3 is 2.90 bits per heavy atom. The predicted molar refractivity (Wildman–Crippen MR) is 82.2 cm³/mol. The number of hydrogen-bond donors (Lipinski definition) is 1. The van der Waals surface area contributed by atoms with Crippen LogP contribution in [-0.2, 0) is 9.47 Å². The molecule has 0 heterocycles. The Bertz CT molecular complexity index is 461. The van der Waals surface area contributed by atoms with E-state index < -0.39 is 0 Å². The number of methoxy groups -OCH3 is 1. The standard InChI is InChI=1S/C15H21BrFNO3/c1-3-18-12-9-14(15(12)20-7-6-19-2)21-13-8-10(16)4-5-11(13)17/h4-5,8,12,14-15,18H,3,6-7,9H2,1-2H3. The molecular formula is C15H21BrFNO3. The van der Waals surface area contributed by atoms with Gasteiger partial charge in [0.15, 0.2) is 11.6 Å². The number of ether oxygens (including phenoxy) is 3. The van der Waals surface area contributed by atoms with E-state index in [2.05, 4.69) is 21.2 Å². The van der Waals surface area contributed by atoms with Crippen molar-refractivity contribution in [2.45, 2.75) is 31.6 Å². The summed E-state index contributed by atoms with van der Waals surface area (Å²) in [5.41, 5.74) is 0. The van der Waals surface area contributed by atoms with Gasteiger partial charge in [-0.15, -0.1) is 0 Å². The van der Waals surface area contributed by atoms with E-state index in [0.717, 1.165) is 17.4 Å². The van der Waals surface area contributed by atoms with Crippen molar-refractivity contribution in [2.75, 3.05) is 26.9 Å². The zero-order valence-corrected chi connectivity index (χ0v) is 13.9. The number of halogens is 2. The van der Waals surface area contributed by atoms with E-state index in [9.17, 15) is 4.39 Å². The van der Waals surface area contributed by atoms with Crippen LogP contribution in [0.2, 0.25) is 0 Å². The van der Waals surface area contributed by atoms with Crippen LogP contribution in [-0.4, -0.2) is 45.1 Å². The summed E-state index contributed by atoms with van der Waals surface area (Å²) in [5.74, 6) is -0.106. The Balaban J connectivity index is 1.96. The molecule has 1 aliphatic rings. The molecule has 6 heteroatoms. The third-order valence-electron chi connectivity index (χ3n) is 3.48. The molecule has 3 atom stereocenters. The molecule has 1 aromatic rings. The molecule has 1 aliphatic carbocycles. The van der Waals surface area contributed by atoms with E-state index in [1.54, 1.807) is 19.2 Å². The Kier molecular flexibility index (Phi) is 6.41. The molecule has 1 fully saturated rings. The van der Waals surface area contributed by atoms with E-state index in [0.29, 0.717) is 13.2 Å². The summed E-state index contributed by atoms with van der Waals surface area (Å²) in [6, 6.07) is 4.92. The molecule has 118 valence electrons. The Hall–Kier alpha value is -0.690. The number of nitrogens with one attached hydrogen (secondary N) is 1. The average Bonchev–Trinajstić information content (AvgIpc) is 2.46. The van der Waals surface area contributed by atoms with Crippen molar-refractivity contribution in [3.05, 3.63) is 28.5 Å². The lowest BCUT2D eigenvalue weighted by Gasteiger charge is -2.44. The number of benzene rings is 1. The largest absolute Gasteiger partial charge is 0.484 e. The highest BCUT2D eigenvalue weighted by Crippen LogP contribution is 2.31. The molecule has 0 saturated heterocycles. The van der Waals surface area contributed by atoms with Gasteiger partial charge in [0.2, 0.25) is 0 Å². The number of rotatable bonds is 8. The lowest BCUT2D eigenvalue weighted by molar-refractivity contribution is -0.116. The summed E-state index contributed by atoms with van der Waals surface area (Å²) >= 11 is 3.32. The summed E-state index contributed by atoms with van der Waals surface area (Å²) in [7, 11) is 1.64. The van der Waals surface area contributed by atoms with Gasteiger partial charge in [0, 0.05) is 24.0 Å². The predicted octanol–water partition coefficient (Wildman–Crippen LogP) is 2.75. The minimum absolute atomic E-state index is 0.0847. The molecule has 1 saturated carbocycles. The van der Waals surface area contributed by atoms with Crippen molar-refractivity contribution in [1.29, 1.82) is 0 Å². The molecule has 21 heavy (non-hydrogen) atoms. The minimum atomic E-state index is -0.360. The zero-order valence-electron chi connectivity index (χ0n) is 12.3. The summed E-state index contributed by atoms with van der Waals surface area (Å²) in [4.78, 5) is 0. The van der Waals surface area contributed by atoms with Gasteiger partial charge >= 0.3 is 0 Å². The van der Waals surface area contributed by atoms with E-state index in [1.807, 2.05) is 6.92 Å². The van der Waals surface area contributed by atoms with Crippen LogP contribution >= 0.6 is 15.9 Å². The van der Waals surface area contributed by atoms with Crippen molar-refractivity contribution >= 4 is 15.9 Å². The Morgan fingerprint density at radius 1 is 1.38 bits per heavy atom. The van der Waals surface area contributed by atoms with Gasteiger partial charge in [0.05, 0.1) is 13.2 Å². The highest BCUT2D eigenvalue weighted by molar-refractivity contribution is 9.10. The molecule has 2 rings (SSSR count). The highest BCUT2D eigenvalue weighted by atomic mass is 79.9. The van der Waals surface area contributed by atoms with Gasteiger partial charge in [-0.2, -0.15) is 0 Å². The fourth-order valence-corrected chi connectivity index (χ4v) is 2.72. The SMILES string of the molecule is CCNC1CC(Oc2cc(Br)ccc2F)C1OCCOC. The summed E-state index contributed by atoms with van der Waals surface area (Å²) < 4.78 is 31.1. The van der Waals surface area contributed by atoms with Crippen LogP contribution in [0.3, 0.4) is 0 Å². The van der Waals surface area contributed by atoms with Crippen molar-refractivity contribution in [3.8, 4) is 5.75 Å². The van der Waals surface area contributed by atoms with Gasteiger partial charge < -0.3 is 19.5 Å². The molecule has 0 spiro atoms. The van der Waals surface area contributed by atoms with Crippen LogP contribution < -0.4 is 10.1 Å². The lowest BCUT2D eigenvalue weighted by atomic mass is 9.85. The lowest BCUT2D eigenvalue weighted by Crippen LogP contribution is -2.61. The van der Waals surface area contributed by atoms with E-state index in [-0.39, 0.29) is 29.8 Å². The van der Waals surface area contributed by atoms with Gasteiger partial charge in [0.1, 0.15) is 12.2 Å². The maximum Gasteiger partial charge on any atom is 0.165 e. The molecule has 4 nitrogen and oxygen atoms in total. The van der Waals surface area contributed by atoms with Crippen LogP contribution in [0.5, 0.6) is 5.75 Å². The first-order valence-electron chi connectivity index (χ1n) is 7.11. The molecule has 3 unspecified atom stereocenters. The van der Waals surface area contributed by atoms with Crippen LogP contribution in [0.25, 0.3) is 0 Å². The van der Waals surface area contributed by atoms with E-state index >= 15 is 0 Å². The Labute approximate surface area is 133 Å². The van der Waals surface area contributed by atoms with Crippen molar-refractivity contribution in [1.82, 2.24) is 5.32 Å². The molecule has 0 bridgehead atoms. The second-order valence-electron chi connectivity index (χ2n) is 4.96. The molecule has 0 aliphatic heterocycles. The first-order valence-corrected chi connectivity index (χ1v) is 7.90. The Morgan fingerprint density at radius 2 is 2.19 bits per heavy atom. The van der Waals surface area contributed by atoms with Gasteiger partial charge in [-0.1, -0.05) is 22.9 Å². The first kappa shape index (κ1) is 16.7. The van der Waals surface area contributed by atoms with Crippen LogP contribution in [0.4, 0.5) is 4.39 Å². The normalized spacial score (nSPS) is 24.7. The summed E-state index contributed by atoms with van der Waals surface area (Å²) in [6.45, 7) is 3.96. The van der Waals surface area contributed by atoms with Crippen LogP contribution in [0.1, 0.15) is 13.3 Å². The van der Waals surface area contributed by atoms with Gasteiger partial charge in [0.25, 0.3) is 0 Å². The topological polar surface area (TPSA) is 39.7 Å². The quantitative estimate of drug-likeness (QED) is 0.722. The molecule has 0 aromatic heterocycles. The average molecular weight is 362 g/mol. The molecule has 1 N–H and O–H groups in total. The van der Waals surface area contributed by atoms with Crippen molar-refractivity contribution in [2.24, 2.45) is 0 Å². The summed E-state index contributed by atoms with van der Waals surface area (Å²) in [6.07, 6.45) is 0.574. The number of likely N-dealkylation sites (N-methyl/N-ethyl adjacent to an activating group) is 1. The molecule has 1 aromatic carbocycles. The third-order valence-corrected chi connectivity index (χ3v) is 3.98. The zero-order chi connectivity index (χ0) is 15.2. The van der Waals surface area contributed by atoms with Gasteiger partial charge in [-0.3, -0.25) is 0 Å². The first-order chi connectivity index (χ1) is 10.2. The highest BCUT2D eigenvalue weighted by Gasteiger charge is 2.43. The maximum atomic E-state index is 13.7. The van der Waals surface area contributed by atoms with Crippen molar-refractivity contribution in [3.63, 3.8) is 0 Å². The molecule has 0 amide bonds. The second kappa shape index (κ2) is 8.08. The van der Waals surface area contributed by atoms with Crippen LogP contribution in [0, 0.1) is 5.82 Å². The van der Waals surface area contributed by atoms with Crippen LogP contribution in [0.15, 0.2) is 22.7 Å². The third kappa shape index (κ3) is 4.39. The van der Waals surface area contributed by atoms with Crippen molar-refractivity contribution < 1.29 is 18.6 Å². The van der Waals surface area contributed by atoms with Gasteiger partial charge in [-0.25, -0.2) is 4.39 Å². The fourth-order valence-electron chi connectivity index (χ4n) is 2.38. The monoisotopic (exact) mass is 361 g/mol. The van der Waals surface area contributed by atoms with Gasteiger partial charge in [-0.05, 0) is 24.7 Å². The fraction of sp³-hybridized carbons (Fsp3) is 0.600. The van der Waals surface area contributed by atoms with E-state index in [1.165, 1.54) is 6.07 Å².